The van der Waals surface area contributed by atoms with Gasteiger partial charge in [0.25, 0.3) is 5.91 Å². The van der Waals surface area contributed by atoms with E-state index >= 15 is 0 Å². The molecule has 37 heavy (non-hydrogen) atoms. The van der Waals surface area contributed by atoms with Gasteiger partial charge in [-0.05, 0) is 42.9 Å². The summed E-state index contributed by atoms with van der Waals surface area (Å²) < 4.78 is 53.6. The van der Waals surface area contributed by atoms with Crippen LogP contribution in [0.15, 0.2) is 29.4 Å². The molecular formula is C25H30F3N3O5S. The van der Waals surface area contributed by atoms with Gasteiger partial charge in [-0.1, -0.05) is 20.8 Å². The van der Waals surface area contributed by atoms with Crippen molar-refractivity contribution in [1.29, 1.82) is 0 Å². The number of hydrogen-bond acceptors (Lipinski definition) is 5. The van der Waals surface area contributed by atoms with Crippen molar-refractivity contribution in [1.82, 2.24) is 9.47 Å². The van der Waals surface area contributed by atoms with Crippen LogP contribution in [0.2, 0.25) is 0 Å². The molecule has 1 N–H and O–H groups in total. The second-order valence-electron chi connectivity index (χ2n) is 10.3. The van der Waals surface area contributed by atoms with E-state index in [0.29, 0.717) is 30.9 Å². The summed E-state index contributed by atoms with van der Waals surface area (Å²) in [5.74, 6) is -0.939. The van der Waals surface area contributed by atoms with E-state index in [1.54, 1.807) is 0 Å². The molecule has 2 aromatic rings. The van der Waals surface area contributed by atoms with Crippen LogP contribution in [-0.4, -0.2) is 58.5 Å². The highest BCUT2D eigenvalue weighted by Crippen LogP contribution is 2.33. The number of thiazole rings is 1. The topological polar surface area (TPSA) is 93.4 Å². The van der Waals surface area contributed by atoms with E-state index < -0.39 is 29.8 Å². The first-order valence-corrected chi connectivity index (χ1v) is 12.9. The number of amides is 2. The number of nitrogens with zero attached hydrogens (tertiary/aromatic N) is 3. The van der Waals surface area contributed by atoms with Gasteiger partial charge in [0.1, 0.15) is 12.4 Å². The molecule has 202 valence electrons. The van der Waals surface area contributed by atoms with Gasteiger partial charge in [-0.2, -0.15) is 18.2 Å². The summed E-state index contributed by atoms with van der Waals surface area (Å²) >= 11 is 1.31. The zero-order valence-electron chi connectivity index (χ0n) is 20.9. The number of carboxylic acid groups (broad SMARTS) is 1. The fourth-order valence-electron chi connectivity index (χ4n) is 4.15. The molecule has 3 heterocycles. The van der Waals surface area contributed by atoms with Crippen molar-refractivity contribution in [2.24, 2.45) is 4.99 Å². The summed E-state index contributed by atoms with van der Waals surface area (Å²) in [5, 5.41) is 9.19. The molecule has 2 saturated heterocycles. The Hall–Kier alpha value is -2.86. The van der Waals surface area contributed by atoms with E-state index in [9.17, 15) is 27.9 Å². The van der Waals surface area contributed by atoms with E-state index in [1.165, 1.54) is 16.2 Å². The average molecular weight is 542 g/mol. The predicted octanol–water partition coefficient (Wildman–Crippen LogP) is 4.92. The van der Waals surface area contributed by atoms with Crippen molar-refractivity contribution >= 4 is 23.3 Å². The standard InChI is InChI=1S/C25H30F3N3O5S/c1-24(2,3)20-13-30(12-17-5-4-10-35-17)22(37-20)29-21(32)18-11-15(25(26,27)28)6-7-19(18)36-14-16-8-9-31(16)23(33)34/h6-7,11,13,16-17H,4-5,8-10,12,14H2,1-3H3,(H,33,34)/b29-22-/t16-,17+/m0/s1. The van der Waals surface area contributed by atoms with Gasteiger partial charge in [-0.3, -0.25) is 4.79 Å². The Morgan fingerprint density at radius 2 is 2.00 bits per heavy atom. The maximum atomic E-state index is 13.5. The van der Waals surface area contributed by atoms with Crippen LogP contribution >= 0.6 is 11.3 Å². The molecule has 1 aromatic heterocycles. The summed E-state index contributed by atoms with van der Waals surface area (Å²) in [5.41, 5.74) is -1.54. The summed E-state index contributed by atoms with van der Waals surface area (Å²) in [4.78, 5) is 31.3. The van der Waals surface area contributed by atoms with E-state index in [1.807, 2.05) is 31.5 Å². The Labute approximate surface area is 216 Å². The lowest BCUT2D eigenvalue weighted by Gasteiger charge is -2.38. The fourth-order valence-corrected chi connectivity index (χ4v) is 5.21. The lowest BCUT2D eigenvalue weighted by Crippen LogP contribution is -2.53. The molecule has 0 unspecified atom stereocenters. The minimum Gasteiger partial charge on any atom is -0.491 e. The SMILES string of the molecule is CC(C)(C)c1cn(C[C@H]2CCCO2)/c(=N/C(=O)c2cc(C(F)(F)F)ccc2OC[C@@H]2CCN2C(=O)O)s1. The highest BCUT2D eigenvalue weighted by molar-refractivity contribution is 7.09. The van der Waals surface area contributed by atoms with Crippen LogP contribution in [0, 0.1) is 0 Å². The van der Waals surface area contributed by atoms with Crippen molar-refractivity contribution in [2.45, 2.75) is 70.3 Å². The third kappa shape index (κ3) is 6.35. The molecule has 2 atom stereocenters. The normalized spacial score (nSPS) is 20.7. The van der Waals surface area contributed by atoms with Crippen LogP contribution < -0.4 is 9.54 Å². The minimum atomic E-state index is -4.66. The molecule has 2 amide bonds. The van der Waals surface area contributed by atoms with Gasteiger partial charge in [0, 0.05) is 24.2 Å². The van der Waals surface area contributed by atoms with Crippen LogP contribution in [0.3, 0.4) is 0 Å². The first-order chi connectivity index (χ1) is 17.3. The second kappa shape index (κ2) is 10.5. The van der Waals surface area contributed by atoms with Gasteiger partial charge in [0.15, 0.2) is 4.80 Å². The van der Waals surface area contributed by atoms with Gasteiger partial charge < -0.3 is 24.0 Å². The molecule has 2 fully saturated rings. The Morgan fingerprint density at radius 1 is 1.24 bits per heavy atom. The Kier molecular flexibility index (Phi) is 7.70. The molecule has 0 aliphatic carbocycles. The number of aromatic nitrogens is 1. The molecule has 0 saturated carbocycles. The lowest BCUT2D eigenvalue weighted by molar-refractivity contribution is -0.137. The number of halogens is 3. The summed E-state index contributed by atoms with van der Waals surface area (Å²) in [6.45, 7) is 7.51. The Balaban J connectivity index is 1.68. The van der Waals surface area contributed by atoms with Gasteiger partial charge in [0.2, 0.25) is 0 Å². The van der Waals surface area contributed by atoms with Crippen LogP contribution in [0.25, 0.3) is 0 Å². The van der Waals surface area contributed by atoms with Crippen molar-refractivity contribution in [3.63, 3.8) is 0 Å². The van der Waals surface area contributed by atoms with E-state index in [2.05, 4.69) is 4.99 Å². The molecule has 12 heteroatoms. The van der Waals surface area contributed by atoms with E-state index in [0.717, 1.165) is 35.9 Å². The molecule has 2 aliphatic heterocycles. The Morgan fingerprint density at radius 3 is 2.57 bits per heavy atom. The Bertz CT molecular complexity index is 1230. The summed E-state index contributed by atoms with van der Waals surface area (Å²) in [7, 11) is 0. The predicted molar refractivity (Wildman–Crippen MR) is 130 cm³/mol. The molecule has 0 spiro atoms. The van der Waals surface area contributed by atoms with Gasteiger partial charge in [-0.15, -0.1) is 11.3 Å². The number of carbonyl (C=O) groups is 2. The molecule has 0 bridgehead atoms. The molecular weight excluding hydrogens is 511 g/mol. The molecule has 4 rings (SSSR count). The third-order valence-corrected chi connectivity index (χ3v) is 7.89. The van der Waals surface area contributed by atoms with E-state index in [4.69, 9.17) is 9.47 Å². The number of rotatable bonds is 6. The number of benzene rings is 1. The third-order valence-electron chi connectivity index (χ3n) is 6.44. The van der Waals surface area contributed by atoms with E-state index in [-0.39, 0.29) is 29.4 Å². The van der Waals surface area contributed by atoms with Crippen LogP contribution in [0.1, 0.15) is 60.8 Å². The summed E-state index contributed by atoms with van der Waals surface area (Å²) in [6, 6.07) is 2.23. The van der Waals surface area contributed by atoms with Crippen molar-refractivity contribution < 1.29 is 37.3 Å². The second-order valence-corrected chi connectivity index (χ2v) is 11.3. The summed E-state index contributed by atoms with van der Waals surface area (Å²) in [6.07, 6.45) is -1.48. The van der Waals surface area contributed by atoms with Gasteiger partial charge >= 0.3 is 12.3 Å². The van der Waals surface area contributed by atoms with Gasteiger partial charge in [-0.25, -0.2) is 4.79 Å². The zero-order valence-corrected chi connectivity index (χ0v) is 21.7. The average Bonchev–Trinajstić information content (AvgIpc) is 3.42. The zero-order chi connectivity index (χ0) is 27.0. The molecule has 2 aliphatic rings. The molecule has 0 radical (unpaired) electrons. The maximum Gasteiger partial charge on any atom is 0.416 e. The highest BCUT2D eigenvalue weighted by Gasteiger charge is 2.34. The first-order valence-electron chi connectivity index (χ1n) is 12.1. The highest BCUT2D eigenvalue weighted by atomic mass is 32.1. The number of carbonyl (C=O) groups excluding carboxylic acids is 1. The van der Waals surface area contributed by atoms with Gasteiger partial charge in [0.05, 0.1) is 29.8 Å². The quantitative estimate of drug-likeness (QED) is 0.561. The van der Waals surface area contributed by atoms with Crippen LogP contribution in [0.4, 0.5) is 18.0 Å². The number of hydrogen-bond donors (Lipinski definition) is 1. The van der Waals surface area contributed by atoms with Crippen molar-refractivity contribution in [2.75, 3.05) is 19.8 Å². The first kappa shape index (κ1) is 27.2. The fraction of sp³-hybridized carbons (Fsp3) is 0.560. The maximum absolute atomic E-state index is 13.5. The minimum absolute atomic E-state index is 0.0245. The van der Waals surface area contributed by atoms with Crippen molar-refractivity contribution in [3.8, 4) is 5.75 Å². The molecule has 8 nitrogen and oxygen atoms in total. The largest absolute Gasteiger partial charge is 0.491 e. The number of likely N-dealkylation sites (tertiary alicyclic amines) is 1. The van der Waals surface area contributed by atoms with Crippen molar-refractivity contribution in [3.05, 3.63) is 45.2 Å². The molecule has 1 aromatic carbocycles. The smallest absolute Gasteiger partial charge is 0.416 e. The van der Waals surface area contributed by atoms with Crippen LogP contribution in [0.5, 0.6) is 5.75 Å². The number of alkyl halides is 3. The van der Waals surface area contributed by atoms with Crippen LogP contribution in [-0.2, 0) is 22.9 Å². The monoisotopic (exact) mass is 541 g/mol. The lowest BCUT2D eigenvalue weighted by atomic mass is 9.95. The number of ether oxygens (including phenoxy) is 2.